The summed E-state index contributed by atoms with van der Waals surface area (Å²) in [6, 6.07) is 6.70. The van der Waals surface area contributed by atoms with Crippen molar-refractivity contribution in [1.29, 1.82) is 5.26 Å². The molecule has 0 amide bonds. The first-order chi connectivity index (χ1) is 8.65. The van der Waals surface area contributed by atoms with Crippen molar-refractivity contribution in [2.75, 3.05) is 6.61 Å². The first-order valence-corrected chi connectivity index (χ1v) is 6.27. The van der Waals surface area contributed by atoms with E-state index in [1.165, 1.54) is 17.4 Å². The molecule has 0 saturated heterocycles. The van der Waals surface area contributed by atoms with Gasteiger partial charge in [0, 0.05) is 5.56 Å². The molecule has 0 bridgehead atoms. The minimum Gasteiger partial charge on any atom is -0.491 e. The average Bonchev–Trinajstić information content (AvgIpc) is 2.73. The van der Waals surface area contributed by atoms with Gasteiger partial charge in [-0.1, -0.05) is 0 Å². The fourth-order valence-corrected chi connectivity index (χ4v) is 2.36. The molecule has 1 aromatic heterocycles. The number of halogens is 1. The molecule has 0 aliphatic heterocycles. The Morgan fingerprint density at radius 1 is 1.50 bits per heavy atom. The quantitative estimate of drug-likeness (QED) is 0.850. The Kier molecular flexibility index (Phi) is 3.58. The van der Waals surface area contributed by atoms with Gasteiger partial charge in [-0.2, -0.15) is 5.26 Å². The van der Waals surface area contributed by atoms with Crippen molar-refractivity contribution >= 4 is 11.3 Å². The molecule has 0 fully saturated rings. The highest BCUT2D eigenvalue weighted by Gasteiger charge is 2.13. The number of thiazole rings is 1. The lowest BCUT2D eigenvalue weighted by atomic mass is 10.1. The van der Waals surface area contributed by atoms with Gasteiger partial charge in [0.05, 0.1) is 17.3 Å². The van der Waals surface area contributed by atoms with Gasteiger partial charge in [0.2, 0.25) is 0 Å². The van der Waals surface area contributed by atoms with Crippen molar-refractivity contribution < 1.29 is 9.13 Å². The molecule has 2 aromatic rings. The highest BCUT2D eigenvalue weighted by Crippen LogP contribution is 2.30. The van der Waals surface area contributed by atoms with Gasteiger partial charge in [-0.25, -0.2) is 9.37 Å². The molecule has 5 heteroatoms. The predicted octanol–water partition coefficient (Wildman–Crippen LogP) is 3.53. The second-order valence-electron chi connectivity index (χ2n) is 3.60. The normalized spacial score (nSPS) is 10.1. The molecular weight excluding hydrogens is 251 g/mol. The number of aryl methyl sites for hydroxylation is 1. The molecule has 1 aromatic carbocycles. The third-order valence-electron chi connectivity index (χ3n) is 2.34. The summed E-state index contributed by atoms with van der Waals surface area (Å²) in [6.45, 7) is 4.03. The summed E-state index contributed by atoms with van der Waals surface area (Å²) in [5, 5.41) is 9.79. The van der Waals surface area contributed by atoms with E-state index < -0.39 is 5.82 Å². The number of aromatic nitrogens is 1. The Morgan fingerprint density at radius 3 is 2.89 bits per heavy atom. The second-order valence-corrected chi connectivity index (χ2v) is 4.80. The van der Waals surface area contributed by atoms with Gasteiger partial charge >= 0.3 is 0 Å². The highest BCUT2D eigenvalue weighted by atomic mass is 32.1. The van der Waals surface area contributed by atoms with Crippen molar-refractivity contribution in [3.63, 3.8) is 0 Å². The molecule has 0 aliphatic carbocycles. The molecule has 0 atom stereocenters. The first-order valence-electron chi connectivity index (χ1n) is 5.46. The Labute approximate surface area is 108 Å². The maximum absolute atomic E-state index is 13.7. The Bertz CT molecular complexity index is 616. The molecule has 3 nitrogen and oxygen atoms in total. The van der Waals surface area contributed by atoms with Gasteiger partial charge < -0.3 is 4.74 Å². The van der Waals surface area contributed by atoms with E-state index in [9.17, 15) is 4.39 Å². The van der Waals surface area contributed by atoms with Crippen molar-refractivity contribution in [2.45, 2.75) is 13.8 Å². The lowest BCUT2D eigenvalue weighted by molar-refractivity contribution is 0.321. The van der Waals surface area contributed by atoms with E-state index in [4.69, 9.17) is 10.00 Å². The molecule has 0 unspecified atom stereocenters. The zero-order valence-corrected chi connectivity index (χ0v) is 10.8. The van der Waals surface area contributed by atoms with Crippen LogP contribution < -0.4 is 4.74 Å². The maximum Gasteiger partial charge on any atom is 0.165 e. The van der Waals surface area contributed by atoms with Crippen LogP contribution in [-0.4, -0.2) is 11.6 Å². The van der Waals surface area contributed by atoms with E-state index in [0.717, 1.165) is 5.01 Å². The molecule has 0 saturated carbocycles. The second kappa shape index (κ2) is 5.15. The third-order valence-corrected chi connectivity index (χ3v) is 3.22. The molecule has 0 spiro atoms. The zero-order valence-electron chi connectivity index (χ0n) is 10.0. The maximum atomic E-state index is 13.7. The Balaban J connectivity index is 2.46. The SMILES string of the molecule is CCOc1ccc(-c2nc(C)sc2C#N)cc1F. The monoisotopic (exact) mass is 262 g/mol. The minimum absolute atomic E-state index is 0.215. The van der Waals surface area contributed by atoms with Crippen molar-refractivity contribution in [2.24, 2.45) is 0 Å². The lowest BCUT2D eigenvalue weighted by Gasteiger charge is -2.05. The molecule has 0 radical (unpaired) electrons. The van der Waals surface area contributed by atoms with Crippen LogP contribution in [0.1, 0.15) is 16.8 Å². The van der Waals surface area contributed by atoms with Crippen LogP contribution in [0, 0.1) is 24.1 Å². The standard InChI is InChI=1S/C13H11FN2OS/c1-3-17-11-5-4-9(6-10(11)14)13-12(7-15)18-8(2)16-13/h4-6H,3H2,1-2H3. The van der Waals surface area contributed by atoms with E-state index in [1.807, 2.05) is 6.92 Å². The van der Waals surface area contributed by atoms with Crippen LogP contribution in [0.5, 0.6) is 5.75 Å². The van der Waals surface area contributed by atoms with Crippen LogP contribution in [0.4, 0.5) is 4.39 Å². The fourth-order valence-electron chi connectivity index (χ4n) is 1.62. The van der Waals surface area contributed by atoms with E-state index in [0.29, 0.717) is 22.7 Å². The number of hydrogen-bond acceptors (Lipinski definition) is 4. The molecule has 2 rings (SSSR count). The Morgan fingerprint density at radius 2 is 2.28 bits per heavy atom. The van der Waals surface area contributed by atoms with E-state index in [1.54, 1.807) is 19.1 Å². The Hall–Kier alpha value is -1.93. The summed E-state index contributed by atoms with van der Waals surface area (Å²) in [6.07, 6.45) is 0. The van der Waals surface area contributed by atoms with Crippen molar-refractivity contribution in [1.82, 2.24) is 4.98 Å². The van der Waals surface area contributed by atoms with Gasteiger partial charge in [0.1, 0.15) is 10.9 Å². The number of benzene rings is 1. The molecule has 92 valence electrons. The summed E-state index contributed by atoms with van der Waals surface area (Å²) in [7, 11) is 0. The molecule has 1 heterocycles. The third kappa shape index (κ3) is 2.34. The minimum atomic E-state index is -0.441. The van der Waals surface area contributed by atoms with Gasteiger partial charge in [-0.05, 0) is 32.0 Å². The first kappa shape index (κ1) is 12.5. The van der Waals surface area contributed by atoms with Crippen LogP contribution in [-0.2, 0) is 0 Å². The summed E-state index contributed by atoms with van der Waals surface area (Å²) in [5.74, 6) is -0.226. The largest absolute Gasteiger partial charge is 0.491 e. The zero-order chi connectivity index (χ0) is 13.1. The van der Waals surface area contributed by atoms with Crippen LogP contribution >= 0.6 is 11.3 Å². The summed E-state index contributed by atoms with van der Waals surface area (Å²) < 4.78 is 18.9. The number of ether oxygens (including phenoxy) is 1. The van der Waals surface area contributed by atoms with Gasteiger partial charge in [0.15, 0.2) is 11.6 Å². The number of rotatable bonds is 3. The molecule has 0 aliphatic rings. The van der Waals surface area contributed by atoms with Gasteiger partial charge in [-0.3, -0.25) is 0 Å². The van der Waals surface area contributed by atoms with Crippen molar-refractivity contribution in [3.8, 4) is 23.1 Å². The predicted molar refractivity (Wildman–Crippen MR) is 68.1 cm³/mol. The van der Waals surface area contributed by atoms with Crippen molar-refractivity contribution in [3.05, 3.63) is 33.9 Å². The van der Waals surface area contributed by atoms with Gasteiger partial charge in [0.25, 0.3) is 0 Å². The van der Waals surface area contributed by atoms with E-state index in [-0.39, 0.29) is 5.75 Å². The molecule has 18 heavy (non-hydrogen) atoms. The fraction of sp³-hybridized carbons (Fsp3) is 0.231. The number of hydrogen-bond donors (Lipinski definition) is 0. The van der Waals surface area contributed by atoms with Crippen LogP contribution in [0.15, 0.2) is 18.2 Å². The van der Waals surface area contributed by atoms with Gasteiger partial charge in [-0.15, -0.1) is 11.3 Å². The van der Waals surface area contributed by atoms with Crippen LogP contribution in [0.25, 0.3) is 11.3 Å². The topological polar surface area (TPSA) is 45.9 Å². The smallest absolute Gasteiger partial charge is 0.165 e. The highest BCUT2D eigenvalue weighted by molar-refractivity contribution is 7.12. The number of nitriles is 1. The van der Waals surface area contributed by atoms with E-state index >= 15 is 0 Å². The summed E-state index contributed by atoms with van der Waals surface area (Å²) in [5.41, 5.74) is 1.12. The summed E-state index contributed by atoms with van der Waals surface area (Å²) in [4.78, 5) is 4.75. The van der Waals surface area contributed by atoms with E-state index in [2.05, 4.69) is 11.1 Å². The summed E-state index contributed by atoms with van der Waals surface area (Å²) >= 11 is 1.30. The molecule has 0 N–H and O–H groups in total. The molecular formula is C13H11FN2OS. The van der Waals surface area contributed by atoms with Crippen LogP contribution in [0.3, 0.4) is 0 Å². The average molecular weight is 262 g/mol. The van der Waals surface area contributed by atoms with Crippen LogP contribution in [0.2, 0.25) is 0 Å². The lowest BCUT2D eigenvalue weighted by Crippen LogP contribution is -1.95. The number of nitrogens with zero attached hydrogens (tertiary/aromatic N) is 2.